The quantitative estimate of drug-likeness (QED) is 0.701. The molecule has 1 aliphatic rings. The molecule has 0 spiro atoms. The van der Waals surface area contributed by atoms with Crippen LogP contribution in [0.3, 0.4) is 0 Å². The number of hydrogen-bond acceptors (Lipinski definition) is 1. The van der Waals surface area contributed by atoms with E-state index < -0.39 is 5.92 Å². The van der Waals surface area contributed by atoms with Crippen LogP contribution in [0.1, 0.15) is 32.1 Å². The highest BCUT2D eigenvalue weighted by atomic mass is 19.3. The van der Waals surface area contributed by atoms with Gasteiger partial charge in [-0.25, -0.2) is 0 Å². The molecule has 4 heteroatoms. The molecule has 1 amide bonds. The molecule has 0 radical (unpaired) electrons. The van der Waals surface area contributed by atoms with Crippen LogP contribution in [0.2, 0.25) is 0 Å². The Labute approximate surface area is 88.4 Å². The summed E-state index contributed by atoms with van der Waals surface area (Å²) in [6.07, 6.45) is 1.65. The molecule has 0 bridgehead atoms. The van der Waals surface area contributed by atoms with E-state index in [1.54, 1.807) is 7.05 Å². The SMILES string of the molecule is CNC(=O)CC1CCC#CC(F)(F)CC1. The molecule has 0 aromatic rings. The van der Waals surface area contributed by atoms with Crippen LogP contribution in [-0.4, -0.2) is 18.9 Å². The molecule has 1 atom stereocenters. The molecule has 1 aliphatic carbocycles. The van der Waals surface area contributed by atoms with Gasteiger partial charge < -0.3 is 5.32 Å². The molecule has 0 saturated carbocycles. The maximum absolute atomic E-state index is 13.0. The van der Waals surface area contributed by atoms with E-state index in [1.165, 1.54) is 0 Å². The Kier molecular flexibility index (Phi) is 4.07. The second-order valence-electron chi connectivity index (χ2n) is 3.83. The number of carbonyl (C=O) groups excluding carboxylic acids is 1. The number of rotatable bonds is 2. The predicted octanol–water partition coefficient (Wildman–Crippen LogP) is 1.95. The Hall–Kier alpha value is -1.11. The van der Waals surface area contributed by atoms with Crippen LogP contribution in [0, 0.1) is 17.8 Å². The Bertz CT molecular complexity index is 291. The van der Waals surface area contributed by atoms with E-state index in [0.717, 1.165) is 6.42 Å². The van der Waals surface area contributed by atoms with Crippen molar-refractivity contribution in [3.63, 3.8) is 0 Å². The molecule has 0 saturated heterocycles. The van der Waals surface area contributed by atoms with Gasteiger partial charge in [0, 0.05) is 26.3 Å². The minimum Gasteiger partial charge on any atom is -0.359 e. The monoisotopic (exact) mass is 215 g/mol. The standard InChI is InChI=1S/C11H15F2NO/c1-14-10(15)8-9-4-2-3-6-11(12,13)7-5-9/h9H,2,4-5,7-8H2,1H3,(H,14,15). The van der Waals surface area contributed by atoms with Crippen molar-refractivity contribution in [3.8, 4) is 11.8 Å². The summed E-state index contributed by atoms with van der Waals surface area (Å²) in [5.74, 6) is 1.50. The first-order valence-electron chi connectivity index (χ1n) is 5.12. The van der Waals surface area contributed by atoms with Gasteiger partial charge in [0.2, 0.25) is 5.91 Å². The minimum absolute atomic E-state index is 0.0328. The normalized spacial score (nSPS) is 24.3. The van der Waals surface area contributed by atoms with Gasteiger partial charge in [-0.15, -0.1) is 0 Å². The van der Waals surface area contributed by atoms with Crippen molar-refractivity contribution in [1.82, 2.24) is 5.32 Å². The molecule has 84 valence electrons. The third kappa shape index (κ3) is 4.28. The molecule has 2 nitrogen and oxygen atoms in total. The van der Waals surface area contributed by atoms with Gasteiger partial charge in [-0.2, -0.15) is 8.78 Å². The van der Waals surface area contributed by atoms with Crippen molar-refractivity contribution in [3.05, 3.63) is 0 Å². The zero-order valence-electron chi connectivity index (χ0n) is 8.78. The van der Waals surface area contributed by atoms with Crippen LogP contribution in [0.4, 0.5) is 8.78 Å². The summed E-state index contributed by atoms with van der Waals surface area (Å²) in [6, 6.07) is 0. The smallest absolute Gasteiger partial charge is 0.308 e. The fourth-order valence-corrected chi connectivity index (χ4v) is 1.63. The zero-order valence-corrected chi connectivity index (χ0v) is 8.78. The van der Waals surface area contributed by atoms with Gasteiger partial charge in [0.05, 0.1) is 0 Å². The Morgan fingerprint density at radius 2 is 2.27 bits per heavy atom. The number of hydrogen-bond donors (Lipinski definition) is 1. The van der Waals surface area contributed by atoms with Crippen molar-refractivity contribution >= 4 is 5.91 Å². The molecule has 0 fully saturated rings. The van der Waals surface area contributed by atoms with Crippen molar-refractivity contribution in [2.45, 2.75) is 38.0 Å². The van der Waals surface area contributed by atoms with E-state index in [2.05, 4.69) is 11.2 Å². The molecule has 15 heavy (non-hydrogen) atoms. The molecule has 0 aliphatic heterocycles. The lowest BCUT2D eigenvalue weighted by Crippen LogP contribution is -2.23. The number of alkyl halides is 2. The Morgan fingerprint density at radius 1 is 1.53 bits per heavy atom. The second kappa shape index (κ2) is 5.11. The number of nitrogens with one attached hydrogen (secondary N) is 1. The molecular weight excluding hydrogens is 200 g/mol. The minimum atomic E-state index is -2.87. The van der Waals surface area contributed by atoms with Gasteiger partial charge in [0.15, 0.2) is 0 Å². The summed E-state index contributed by atoms with van der Waals surface area (Å²) in [5, 5.41) is 2.51. The van der Waals surface area contributed by atoms with Crippen LogP contribution in [0.25, 0.3) is 0 Å². The third-order valence-corrected chi connectivity index (χ3v) is 2.57. The Balaban J connectivity index is 2.51. The average molecular weight is 215 g/mol. The van der Waals surface area contributed by atoms with E-state index in [9.17, 15) is 13.6 Å². The lowest BCUT2D eigenvalue weighted by Gasteiger charge is -2.19. The van der Waals surface area contributed by atoms with Gasteiger partial charge in [0.25, 0.3) is 0 Å². The van der Waals surface area contributed by atoms with Gasteiger partial charge in [-0.1, -0.05) is 5.92 Å². The van der Waals surface area contributed by atoms with Crippen LogP contribution < -0.4 is 5.32 Å². The topological polar surface area (TPSA) is 29.1 Å². The molecule has 0 aromatic carbocycles. The second-order valence-corrected chi connectivity index (χ2v) is 3.83. The highest BCUT2D eigenvalue weighted by Gasteiger charge is 2.28. The van der Waals surface area contributed by atoms with Gasteiger partial charge in [0.1, 0.15) is 0 Å². The first-order valence-corrected chi connectivity index (χ1v) is 5.12. The van der Waals surface area contributed by atoms with Crippen LogP contribution in [0.15, 0.2) is 0 Å². The van der Waals surface area contributed by atoms with Gasteiger partial charge in [-0.3, -0.25) is 4.79 Å². The molecular formula is C11H15F2NO. The average Bonchev–Trinajstić information content (AvgIpc) is 2.18. The van der Waals surface area contributed by atoms with Crippen LogP contribution in [0.5, 0.6) is 0 Å². The lowest BCUT2D eigenvalue weighted by molar-refractivity contribution is -0.121. The lowest BCUT2D eigenvalue weighted by atomic mass is 9.91. The third-order valence-electron chi connectivity index (χ3n) is 2.57. The van der Waals surface area contributed by atoms with Gasteiger partial charge in [-0.05, 0) is 24.7 Å². The van der Waals surface area contributed by atoms with Crippen molar-refractivity contribution in [2.24, 2.45) is 5.92 Å². The fraction of sp³-hybridized carbons (Fsp3) is 0.727. The summed E-state index contributed by atoms with van der Waals surface area (Å²) in [4.78, 5) is 11.1. The highest BCUT2D eigenvalue weighted by Crippen LogP contribution is 2.27. The highest BCUT2D eigenvalue weighted by molar-refractivity contribution is 5.75. The van der Waals surface area contributed by atoms with E-state index in [-0.39, 0.29) is 18.2 Å². The number of halogens is 2. The van der Waals surface area contributed by atoms with Crippen molar-refractivity contribution in [2.75, 3.05) is 7.05 Å². The summed E-state index contributed by atoms with van der Waals surface area (Å²) in [7, 11) is 1.56. The van der Waals surface area contributed by atoms with Crippen LogP contribution in [-0.2, 0) is 4.79 Å². The van der Waals surface area contributed by atoms with Gasteiger partial charge >= 0.3 is 5.92 Å². The van der Waals surface area contributed by atoms with E-state index in [1.807, 2.05) is 5.92 Å². The Morgan fingerprint density at radius 3 is 2.93 bits per heavy atom. The maximum Gasteiger partial charge on any atom is 0.308 e. The first kappa shape index (κ1) is 12.0. The summed E-state index contributed by atoms with van der Waals surface area (Å²) < 4.78 is 25.9. The largest absolute Gasteiger partial charge is 0.359 e. The zero-order chi connectivity index (χ0) is 11.3. The van der Waals surface area contributed by atoms with E-state index in [0.29, 0.717) is 19.3 Å². The summed E-state index contributed by atoms with van der Waals surface area (Å²) >= 11 is 0. The predicted molar refractivity (Wildman–Crippen MR) is 53.4 cm³/mol. The molecule has 1 unspecified atom stereocenters. The maximum atomic E-state index is 13.0. The van der Waals surface area contributed by atoms with Crippen LogP contribution >= 0.6 is 0 Å². The fourth-order valence-electron chi connectivity index (χ4n) is 1.63. The molecule has 1 rings (SSSR count). The van der Waals surface area contributed by atoms with Crippen molar-refractivity contribution in [1.29, 1.82) is 0 Å². The number of amides is 1. The van der Waals surface area contributed by atoms with E-state index in [4.69, 9.17) is 0 Å². The summed E-state index contributed by atoms with van der Waals surface area (Å²) in [5.41, 5.74) is 0. The molecule has 1 N–H and O–H groups in total. The number of carbonyl (C=O) groups is 1. The van der Waals surface area contributed by atoms with Crippen molar-refractivity contribution < 1.29 is 13.6 Å². The molecule has 0 aromatic heterocycles. The van der Waals surface area contributed by atoms with E-state index >= 15 is 0 Å². The first-order chi connectivity index (χ1) is 7.03. The molecule has 0 heterocycles. The summed E-state index contributed by atoms with van der Waals surface area (Å²) in [6.45, 7) is 0.